The second kappa shape index (κ2) is 26.1. The van der Waals surface area contributed by atoms with Crippen LogP contribution in [0.1, 0.15) is 139 Å². The lowest BCUT2D eigenvalue weighted by Crippen LogP contribution is -2.09. The molecular formula is C50H57N5O20S. The highest BCUT2D eigenvalue weighted by atomic mass is 32.1. The van der Waals surface area contributed by atoms with Crippen LogP contribution in [-0.4, -0.2) is 136 Å². The van der Waals surface area contributed by atoms with Crippen molar-refractivity contribution in [1.82, 2.24) is 24.9 Å². The number of aromatic amines is 5. The average Bonchev–Trinajstić information content (AvgIpc) is 4.08. The SMILES string of the molecule is O=C(O)CCc1c[nH]c(Cc2[nH]c(Cc3[nH]c(Cc4[nH]c(Cc5[nH]c(CS)c(CC(=O)O)c5CCC(=O)O)c(CC(=O)O)c4CCC(=O)O)c(CC(=O)O)c3CCC(=O)O)c(CC(=O)O)c2CCC(=O)O)c1CC(=O)O. The molecule has 0 aliphatic heterocycles. The number of carboxylic acids is 10. The van der Waals surface area contributed by atoms with Crippen LogP contribution in [-0.2, 0) is 144 Å². The van der Waals surface area contributed by atoms with Gasteiger partial charge in [-0.1, -0.05) is 0 Å². The Hall–Kier alpha value is -8.55. The molecule has 0 aromatic carbocycles. The van der Waals surface area contributed by atoms with E-state index < -0.39 is 117 Å². The summed E-state index contributed by atoms with van der Waals surface area (Å²) in [5.74, 6) is -12.6. The van der Waals surface area contributed by atoms with Gasteiger partial charge >= 0.3 is 59.7 Å². The molecule has 0 unspecified atom stereocenters. The maximum atomic E-state index is 12.7. The first-order chi connectivity index (χ1) is 35.8. The molecular weight excluding hydrogens is 1020 g/mol. The highest BCUT2D eigenvalue weighted by Crippen LogP contribution is 2.34. The third-order valence-corrected chi connectivity index (χ3v) is 13.2. The second-order valence-electron chi connectivity index (χ2n) is 18.1. The summed E-state index contributed by atoms with van der Waals surface area (Å²) in [4.78, 5) is 137. The van der Waals surface area contributed by atoms with E-state index in [2.05, 4.69) is 37.5 Å². The number of carbonyl (C=O) groups is 10. The van der Waals surface area contributed by atoms with Gasteiger partial charge in [0, 0.05) is 121 Å². The van der Waals surface area contributed by atoms with Crippen LogP contribution >= 0.6 is 12.6 Å². The molecule has 0 aliphatic carbocycles. The number of hydrogen-bond donors (Lipinski definition) is 16. The molecule has 5 rings (SSSR count). The third kappa shape index (κ3) is 15.7. The van der Waals surface area contributed by atoms with E-state index in [1.54, 1.807) is 0 Å². The molecule has 5 aromatic heterocycles. The van der Waals surface area contributed by atoms with Crippen LogP contribution < -0.4 is 0 Å². The van der Waals surface area contributed by atoms with E-state index in [-0.39, 0.29) is 149 Å². The van der Waals surface area contributed by atoms with E-state index in [9.17, 15) is 99.0 Å². The van der Waals surface area contributed by atoms with Crippen molar-refractivity contribution in [1.29, 1.82) is 0 Å². The number of aliphatic carboxylic acids is 10. The van der Waals surface area contributed by atoms with Gasteiger partial charge in [0.15, 0.2) is 0 Å². The van der Waals surface area contributed by atoms with Crippen LogP contribution in [0.25, 0.3) is 0 Å². The van der Waals surface area contributed by atoms with Crippen molar-refractivity contribution in [2.45, 2.75) is 128 Å². The van der Waals surface area contributed by atoms with Gasteiger partial charge in [-0.15, -0.1) is 0 Å². The second-order valence-corrected chi connectivity index (χ2v) is 18.4. The van der Waals surface area contributed by atoms with Gasteiger partial charge in [-0.25, -0.2) is 0 Å². The minimum absolute atomic E-state index is 0.0129. The third-order valence-electron chi connectivity index (χ3n) is 12.9. The van der Waals surface area contributed by atoms with E-state index in [1.165, 1.54) is 6.20 Å². The molecule has 5 aromatic rings. The molecule has 26 heteroatoms. The molecule has 0 saturated carbocycles. The maximum Gasteiger partial charge on any atom is 0.307 e. The molecule has 0 spiro atoms. The summed E-state index contributed by atoms with van der Waals surface area (Å²) in [6, 6.07) is 0. The van der Waals surface area contributed by atoms with Gasteiger partial charge in [-0.3, -0.25) is 47.9 Å². The van der Waals surface area contributed by atoms with Crippen LogP contribution in [0.15, 0.2) is 6.20 Å². The van der Waals surface area contributed by atoms with E-state index in [0.717, 1.165) is 0 Å². The van der Waals surface area contributed by atoms with E-state index in [1.807, 2.05) is 0 Å². The molecule has 0 amide bonds. The van der Waals surface area contributed by atoms with Gasteiger partial charge in [0.1, 0.15) is 0 Å². The number of thiol groups is 1. The fourth-order valence-corrected chi connectivity index (χ4v) is 10.1. The number of carboxylic acid groups (broad SMARTS) is 10. The van der Waals surface area contributed by atoms with Crippen LogP contribution in [0.2, 0.25) is 0 Å². The summed E-state index contributed by atoms with van der Waals surface area (Å²) in [6.45, 7) is 0. The van der Waals surface area contributed by atoms with E-state index >= 15 is 0 Å². The molecule has 0 fully saturated rings. The zero-order chi connectivity index (χ0) is 56.1. The van der Waals surface area contributed by atoms with Crippen molar-refractivity contribution in [3.05, 3.63) is 113 Å². The monoisotopic (exact) mass is 1080 g/mol. The van der Waals surface area contributed by atoms with Gasteiger partial charge in [0.05, 0.1) is 32.1 Å². The van der Waals surface area contributed by atoms with Crippen molar-refractivity contribution < 1.29 is 99.0 Å². The van der Waals surface area contributed by atoms with Crippen molar-refractivity contribution in [2.24, 2.45) is 0 Å². The van der Waals surface area contributed by atoms with Gasteiger partial charge < -0.3 is 76.0 Å². The number of H-pyrrole nitrogens is 5. The van der Waals surface area contributed by atoms with Crippen molar-refractivity contribution in [2.75, 3.05) is 0 Å². The Labute approximate surface area is 435 Å². The quantitative estimate of drug-likeness (QED) is 0.0263. The molecule has 0 saturated heterocycles. The minimum atomic E-state index is -1.36. The molecule has 0 bridgehead atoms. The summed E-state index contributed by atoms with van der Waals surface area (Å²) < 4.78 is 0. The van der Waals surface area contributed by atoms with Crippen LogP contribution in [0, 0.1) is 0 Å². The fraction of sp³-hybridized carbons (Fsp3) is 0.400. The highest BCUT2D eigenvalue weighted by molar-refractivity contribution is 7.79. The molecule has 25 nitrogen and oxygen atoms in total. The van der Waals surface area contributed by atoms with Gasteiger partial charge in [-0.2, -0.15) is 12.6 Å². The minimum Gasteiger partial charge on any atom is -0.481 e. The first kappa shape index (κ1) is 58.3. The summed E-state index contributed by atoms with van der Waals surface area (Å²) >= 11 is 4.33. The fourth-order valence-electron chi connectivity index (χ4n) is 9.82. The molecule has 0 radical (unpaired) electrons. The summed E-state index contributed by atoms with van der Waals surface area (Å²) in [6.07, 6.45) is -5.63. The average molecular weight is 1080 g/mol. The molecule has 0 aliphatic rings. The Bertz CT molecular complexity index is 3070. The normalized spacial score (nSPS) is 11.2. The number of hydrogen-bond acceptors (Lipinski definition) is 11. The number of aryl methyl sites for hydroxylation is 1. The largest absolute Gasteiger partial charge is 0.481 e. The van der Waals surface area contributed by atoms with Crippen LogP contribution in [0.5, 0.6) is 0 Å². The Balaban J connectivity index is 1.74. The zero-order valence-electron chi connectivity index (χ0n) is 40.7. The lowest BCUT2D eigenvalue weighted by molar-refractivity contribution is -0.138. The van der Waals surface area contributed by atoms with Crippen LogP contribution in [0.3, 0.4) is 0 Å². The first-order valence-electron chi connectivity index (χ1n) is 23.7. The zero-order valence-corrected chi connectivity index (χ0v) is 41.6. The predicted octanol–water partition coefficient (Wildman–Crippen LogP) is 3.34. The molecule has 15 N–H and O–H groups in total. The highest BCUT2D eigenvalue weighted by Gasteiger charge is 2.30. The first-order valence-corrected chi connectivity index (χ1v) is 24.3. The number of nitrogens with one attached hydrogen (secondary N) is 5. The number of rotatable bonds is 34. The Morgan fingerprint density at radius 2 is 0.539 bits per heavy atom. The van der Waals surface area contributed by atoms with Crippen molar-refractivity contribution in [3.8, 4) is 0 Å². The summed E-state index contributed by atoms with van der Waals surface area (Å²) in [7, 11) is 0. The summed E-state index contributed by atoms with van der Waals surface area (Å²) in [5.41, 5.74) is 4.56. The van der Waals surface area contributed by atoms with Gasteiger partial charge in [0.25, 0.3) is 0 Å². The van der Waals surface area contributed by atoms with E-state index in [0.29, 0.717) is 28.2 Å². The number of aromatic nitrogens is 5. The van der Waals surface area contributed by atoms with E-state index in [4.69, 9.17) is 0 Å². The van der Waals surface area contributed by atoms with Gasteiger partial charge in [0.2, 0.25) is 0 Å². The summed E-state index contributed by atoms with van der Waals surface area (Å²) in [5, 5.41) is 98.6. The predicted molar refractivity (Wildman–Crippen MR) is 264 cm³/mol. The Morgan fingerprint density at radius 1 is 0.303 bits per heavy atom. The maximum absolute atomic E-state index is 12.7. The molecule has 5 heterocycles. The lowest BCUT2D eigenvalue weighted by Gasteiger charge is -2.09. The van der Waals surface area contributed by atoms with Gasteiger partial charge in [-0.05, 0) is 87.7 Å². The Kier molecular flexibility index (Phi) is 20.0. The van der Waals surface area contributed by atoms with Crippen LogP contribution in [0.4, 0.5) is 0 Å². The molecule has 0 atom stereocenters. The standard InChI is InChI=1S/C50H57N5O20S/c56-41(57)6-1-22-20-51-32(27(22)11-46(66)67)16-33-23(2-7-42(58)59)28(12-47(68)69)37(52-33)17-34-24(3-8-43(60)61)29(13-48(70)71)38(53-34)18-35-25(4-9-44(62)63)30(14-49(72)73)39(54-35)19-36-26(5-10-45(64)65)31(15-50(74)75)40(21-76)55-36/h20,51-55,76H,1-19,21H2,(H,56,57)(H,58,59)(H,60,61)(H,62,63)(H,64,65)(H,66,67)(H,68,69)(H,70,71)(H,72,73)(H,74,75). The Morgan fingerprint density at radius 3 is 0.816 bits per heavy atom. The topological polar surface area (TPSA) is 452 Å². The lowest BCUT2D eigenvalue weighted by atomic mass is 9.94. The van der Waals surface area contributed by atoms with Crippen molar-refractivity contribution >= 4 is 72.3 Å². The smallest absolute Gasteiger partial charge is 0.307 e. The molecule has 408 valence electrons. The molecule has 76 heavy (non-hydrogen) atoms. The van der Waals surface area contributed by atoms with Crippen molar-refractivity contribution in [3.63, 3.8) is 0 Å².